The number of cyclic esters (lactones) is 1. The molecule has 0 fully saturated rings. The van der Waals surface area contributed by atoms with Gasteiger partial charge in [0.2, 0.25) is 5.90 Å². The maximum absolute atomic E-state index is 12.2. The summed E-state index contributed by atoms with van der Waals surface area (Å²) in [5.74, 6) is -0.432. The third-order valence-electron chi connectivity index (χ3n) is 3.37. The lowest BCUT2D eigenvalue weighted by molar-refractivity contribution is -0.274. The van der Waals surface area contributed by atoms with Crippen LogP contribution in [0, 0.1) is 0 Å². The summed E-state index contributed by atoms with van der Waals surface area (Å²) >= 11 is 0. The average Bonchev–Trinajstić information content (AvgIpc) is 2.96. The van der Waals surface area contributed by atoms with E-state index in [9.17, 15) is 18.0 Å². The number of hydrogen-bond acceptors (Lipinski definition) is 5. The Morgan fingerprint density at radius 2 is 1.77 bits per heavy atom. The molecule has 0 bridgehead atoms. The first-order chi connectivity index (χ1) is 12.4. The highest BCUT2D eigenvalue weighted by molar-refractivity contribution is 6.13. The van der Waals surface area contributed by atoms with Crippen molar-refractivity contribution in [2.45, 2.75) is 6.36 Å². The van der Waals surface area contributed by atoms with Gasteiger partial charge in [0.05, 0.1) is 12.7 Å². The number of methoxy groups -OCH3 is 1. The molecule has 0 saturated heterocycles. The zero-order valence-corrected chi connectivity index (χ0v) is 13.4. The molecule has 1 aliphatic rings. The number of carbonyl (C=O) groups is 1. The van der Waals surface area contributed by atoms with Crippen LogP contribution in [0.4, 0.5) is 13.2 Å². The molecule has 2 aromatic carbocycles. The Balaban J connectivity index is 1.85. The molecule has 5 nitrogen and oxygen atoms in total. The van der Waals surface area contributed by atoms with Crippen molar-refractivity contribution < 1.29 is 32.2 Å². The normalized spacial score (nSPS) is 15.6. The van der Waals surface area contributed by atoms with Crippen molar-refractivity contribution in [3.63, 3.8) is 0 Å². The summed E-state index contributed by atoms with van der Waals surface area (Å²) in [6.45, 7) is 0. The summed E-state index contributed by atoms with van der Waals surface area (Å²) in [6, 6.07) is 11.9. The fourth-order valence-corrected chi connectivity index (χ4v) is 2.27. The lowest BCUT2D eigenvalue weighted by Crippen LogP contribution is -2.16. The Labute approximate surface area is 146 Å². The molecule has 0 N–H and O–H groups in total. The largest absolute Gasteiger partial charge is 0.573 e. The molecule has 0 spiro atoms. The molecule has 8 heteroatoms. The second-order valence-electron chi connectivity index (χ2n) is 5.15. The number of alkyl halides is 3. The summed E-state index contributed by atoms with van der Waals surface area (Å²) in [7, 11) is 1.48. The molecule has 1 heterocycles. The van der Waals surface area contributed by atoms with Gasteiger partial charge in [-0.05, 0) is 35.9 Å². The number of benzene rings is 2. The van der Waals surface area contributed by atoms with Gasteiger partial charge < -0.3 is 14.2 Å². The van der Waals surface area contributed by atoms with E-state index < -0.39 is 12.3 Å². The van der Waals surface area contributed by atoms with Crippen molar-refractivity contribution in [1.29, 1.82) is 0 Å². The summed E-state index contributed by atoms with van der Waals surface area (Å²) in [5, 5.41) is 0. The Morgan fingerprint density at radius 1 is 1.08 bits per heavy atom. The van der Waals surface area contributed by atoms with Gasteiger partial charge in [-0.3, -0.25) is 0 Å². The molecule has 0 saturated carbocycles. The molecular weight excluding hydrogens is 351 g/mol. The van der Waals surface area contributed by atoms with E-state index in [1.807, 2.05) is 0 Å². The van der Waals surface area contributed by atoms with Crippen molar-refractivity contribution in [2.75, 3.05) is 7.11 Å². The third-order valence-corrected chi connectivity index (χ3v) is 3.37. The van der Waals surface area contributed by atoms with Gasteiger partial charge in [0.1, 0.15) is 11.5 Å². The molecule has 1 aliphatic heterocycles. The number of rotatable bonds is 4. The lowest BCUT2D eigenvalue weighted by atomic mass is 10.2. The van der Waals surface area contributed by atoms with E-state index >= 15 is 0 Å². The zero-order valence-electron chi connectivity index (χ0n) is 13.4. The van der Waals surface area contributed by atoms with Crippen LogP contribution in [0.15, 0.2) is 59.2 Å². The predicted octanol–water partition coefficient (Wildman–Crippen LogP) is 3.94. The van der Waals surface area contributed by atoms with Crippen LogP contribution in [0.5, 0.6) is 11.5 Å². The minimum atomic E-state index is -4.76. The first kappa shape index (κ1) is 17.5. The molecule has 3 rings (SSSR count). The van der Waals surface area contributed by atoms with Gasteiger partial charge in [-0.25, -0.2) is 9.79 Å². The number of para-hydroxylation sites is 1. The van der Waals surface area contributed by atoms with Crippen molar-refractivity contribution in [1.82, 2.24) is 0 Å². The van der Waals surface area contributed by atoms with Crippen LogP contribution in [0.25, 0.3) is 6.08 Å². The van der Waals surface area contributed by atoms with Crippen LogP contribution < -0.4 is 9.47 Å². The molecule has 134 valence electrons. The van der Waals surface area contributed by atoms with Gasteiger partial charge in [-0.2, -0.15) is 0 Å². The van der Waals surface area contributed by atoms with E-state index in [0.717, 1.165) is 12.1 Å². The minimum Gasteiger partial charge on any atom is -0.496 e. The number of carbonyl (C=O) groups excluding carboxylic acids is 1. The first-order valence-electron chi connectivity index (χ1n) is 7.37. The van der Waals surface area contributed by atoms with E-state index in [1.165, 1.54) is 25.3 Å². The highest BCUT2D eigenvalue weighted by Crippen LogP contribution is 2.26. The second-order valence-corrected chi connectivity index (χ2v) is 5.15. The summed E-state index contributed by atoms with van der Waals surface area (Å²) in [6.07, 6.45) is -3.36. The number of ether oxygens (including phenoxy) is 3. The van der Waals surface area contributed by atoms with Crippen LogP contribution >= 0.6 is 0 Å². The van der Waals surface area contributed by atoms with E-state index in [2.05, 4.69) is 9.73 Å². The van der Waals surface area contributed by atoms with E-state index in [-0.39, 0.29) is 17.3 Å². The Bertz CT molecular complexity index is 886. The third kappa shape index (κ3) is 4.02. The van der Waals surface area contributed by atoms with Gasteiger partial charge in [0, 0.05) is 0 Å². The average molecular weight is 363 g/mol. The van der Waals surface area contributed by atoms with Crippen LogP contribution in [0.3, 0.4) is 0 Å². The molecule has 0 aliphatic carbocycles. The van der Waals surface area contributed by atoms with E-state index in [0.29, 0.717) is 16.9 Å². The molecule has 0 unspecified atom stereocenters. The first-order valence-corrected chi connectivity index (χ1v) is 7.37. The molecular formula is C18H12F3NO4. The van der Waals surface area contributed by atoms with Crippen molar-refractivity contribution in [3.8, 4) is 11.5 Å². The second kappa shape index (κ2) is 6.91. The van der Waals surface area contributed by atoms with Gasteiger partial charge in [0.25, 0.3) is 0 Å². The highest BCUT2D eigenvalue weighted by atomic mass is 19.4. The number of nitrogens with zero attached hydrogens (tertiary/aromatic N) is 1. The van der Waals surface area contributed by atoms with Gasteiger partial charge in [-0.1, -0.05) is 24.3 Å². The van der Waals surface area contributed by atoms with Crippen LogP contribution in [0.1, 0.15) is 11.1 Å². The zero-order chi connectivity index (χ0) is 18.7. The van der Waals surface area contributed by atoms with Gasteiger partial charge in [-0.15, -0.1) is 13.2 Å². The van der Waals surface area contributed by atoms with Gasteiger partial charge >= 0.3 is 12.3 Å². The quantitative estimate of drug-likeness (QED) is 0.610. The van der Waals surface area contributed by atoms with E-state index in [4.69, 9.17) is 9.47 Å². The maximum atomic E-state index is 12.2. The summed E-state index contributed by atoms with van der Waals surface area (Å²) < 4.78 is 50.6. The van der Waals surface area contributed by atoms with Crippen molar-refractivity contribution in [3.05, 3.63) is 65.4 Å². The van der Waals surface area contributed by atoms with Crippen LogP contribution in [-0.4, -0.2) is 25.3 Å². The van der Waals surface area contributed by atoms with Crippen LogP contribution in [0.2, 0.25) is 0 Å². The highest BCUT2D eigenvalue weighted by Gasteiger charge is 2.31. The fraction of sp³-hybridized carbons (Fsp3) is 0.111. The number of halogens is 3. The Morgan fingerprint density at radius 3 is 2.42 bits per heavy atom. The predicted molar refractivity (Wildman–Crippen MR) is 86.7 cm³/mol. The van der Waals surface area contributed by atoms with Crippen LogP contribution in [-0.2, 0) is 9.53 Å². The number of hydrogen-bond donors (Lipinski definition) is 0. The molecule has 0 radical (unpaired) electrons. The molecule has 2 aromatic rings. The van der Waals surface area contributed by atoms with E-state index in [1.54, 1.807) is 24.3 Å². The topological polar surface area (TPSA) is 57.1 Å². The lowest BCUT2D eigenvalue weighted by Gasteiger charge is -2.08. The number of esters is 1. The Kier molecular flexibility index (Phi) is 4.66. The SMILES string of the molecule is COc1ccccc1C1=N/C(=C/c2ccc(OC(F)(F)F)cc2)C(=O)O1. The fourth-order valence-electron chi connectivity index (χ4n) is 2.27. The molecule has 26 heavy (non-hydrogen) atoms. The number of aliphatic imine (C=N–C) groups is 1. The molecule has 0 atom stereocenters. The molecule has 0 aromatic heterocycles. The molecule has 0 amide bonds. The minimum absolute atomic E-state index is 0.0235. The monoisotopic (exact) mass is 363 g/mol. The maximum Gasteiger partial charge on any atom is 0.573 e. The summed E-state index contributed by atoms with van der Waals surface area (Å²) in [4.78, 5) is 16.1. The van der Waals surface area contributed by atoms with Crippen molar-refractivity contribution in [2.24, 2.45) is 4.99 Å². The standard InChI is InChI=1S/C18H12F3NO4/c1-24-15-5-3-2-4-13(15)16-22-14(17(23)25-16)10-11-6-8-12(9-7-11)26-18(19,20)21/h2-10H,1H3/b14-10+. The van der Waals surface area contributed by atoms with Crippen molar-refractivity contribution >= 4 is 17.9 Å². The summed E-state index contributed by atoms with van der Waals surface area (Å²) in [5.41, 5.74) is 1.01. The Hall–Kier alpha value is -3.29. The van der Waals surface area contributed by atoms with Gasteiger partial charge in [0.15, 0.2) is 5.70 Å². The smallest absolute Gasteiger partial charge is 0.496 e.